The van der Waals surface area contributed by atoms with Gasteiger partial charge in [0.05, 0.1) is 11.4 Å². The van der Waals surface area contributed by atoms with Crippen LogP contribution in [0.4, 0.5) is 34.1 Å². The first kappa shape index (κ1) is 43.5. The zero-order valence-corrected chi connectivity index (χ0v) is 40.9. The largest absolute Gasteiger partial charge is 0.310 e. The summed E-state index contributed by atoms with van der Waals surface area (Å²) in [4.78, 5) is 5.18. The number of hydrogen-bond donors (Lipinski definition) is 0. The average Bonchev–Trinajstić information content (AvgIpc) is 3.39. The molecule has 0 atom stereocenters. The van der Waals surface area contributed by atoms with Gasteiger partial charge in [0.2, 0.25) is 0 Å². The van der Waals surface area contributed by atoms with E-state index in [0.29, 0.717) is 21.9 Å². The van der Waals surface area contributed by atoms with Crippen molar-refractivity contribution in [2.45, 2.75) is 52.4 Å². The van der Waals surface area contributed by atoms with Crippen LogP contribution in [-0.4, -0.2) is 6.71 Å². The summed E-state index contributed by atoms with van der Waals surface area (Å²) in [5.74, 6) is 1.06. The minimum absolute atomic E-state index is 0.110. The fraction of sp³-hybridized carbons (Fsp3) is 0.156. The number of halogens is 2. The Labute approximate surface area is 417 Å². The van der Waals surface area contributed by atoms with Gasteiger partial charge in [-0.1, -0.05) is 214 Å². The van der Waals surface area contributed by atoms with Crippen molar-refractivity contribution in [2.24, 2.45) is 11.3 Å². The lowest BCUT2D eigenvalue weighted by atomic mass is 9.33. The number of benzene rings is 9. The molecule has 0 spiro atoms. The first-order valence-electron chi connectivity index (χ1n) is 24.6. The van der Waals surface area contributed by atoms with Gasteiger partial charge in [-0.05, 0) is 124 Å². The van der Waals surface area contributed by atoms with Gasteiger partial charge in [-0.25, -0.2) is 0 Å². The summed E-state index contributed by atoms with van der Waals surface area (Å²) in [5.41, 5.74) is 21.4. The van der Waals surface area contributed by atoms with Crippen LogP contribution in [0.15, 0.2) is 206 Å². The summed E-state index contributed by atoms with van der Waals surface area (Å²) in [5, 5.41) is 1.41. The zero-order valence-electron chi connectivity index (χ0n) is 39.3. The molecule has 336 valence electrons. The quantitative estimate of drug-likeness (QED) is 0.147. The fourth-order valence-electron chi connectivity index (χ4n) is 11.9. The van der Waals surface area contributed by atoms with Gasteiger partial charge in [0.1, 0.15) is 0 Å². The maximum absolute atomic E-state index is 7.23. The number of rotatable bonds is 7. The predicted octanol–water partition coefficient (Wildman–Crippen LogP) is 17.1. The second kappa shape index (κ2) is 17.6. The van der Waals surface area contributed by atoms with Crippen molar-refractivity contribution < 1.29 is 0 Å². The monoisotopic (exact) mass is 930 g/mol. The first-order chi connectivity index (χ1) is 33.7. The number of hydrogen-bond acceptors (Lipinski definition) is 2. The van der Waals surface area contributed by atoms with E-state index < -0.39 is 0 Å². The van der Waals surface area contributed by atoms with E-state index in [1.165, 1.54) is 46.2 Å². The molecular formula is C64H53BCl2N2. The molecule has 1 aliphatic carbocycles. The standard InChI is InChI=1S/C64H53BCl2N2/c1-64(2,3)48-32-30-42(31-33-48)47-38-59-61-60(39-47)69(63-53(45-22-12-6-13-23-45)28-17-29-54(63)46-24-14-7-15-25-46)58-41-50(67)35-37-56(58)65(61)55-36-34-49(66)40-57(55)68(59)62-51(43-18-8-4-9-19-43)26-16-27-52(62)44-20-10-5-11-21-44/h4-29,34-42,48H,30-33H2,1-3H3. The Morgan fingerprint density at radius 2 is 0.768 bits per heavy atom. The molecule has 12 rings (SSSR count). The van der Waals surface area contributed by atoms with Crippen LogP contribution in [0.1, 0.15) is 57.9 Å². The normalized spacial score (nSPS) is 16.2. The van der Waals surface area contributed by atoms with Crippen molar-refractivity contribution in [1.29, 1.82) is 0 Å². The molecule has 2 aliphatic heterocycles. The molecule has 0 bridgehead atoms. The maximum atomic E-state index is 7.23. The summed E-state index contributed by atoms with van der Waals surface area (Å²) < 4.78 is 0. The van der Waals surface area contributed by atoms with Gasteiger partial charge in [-0.2, -0.15) is 0 Å². The Bertz CT molecular complexity index is 3040. The van der Waals surface area contributed by atoms with Gasteiger partial charge in [-0.15, -0.1) is 0 Å². The number of fused-ring (bicyclic) bond motifs is 4. The summed E-state index contributed by atoms with van der Waals surface area (Å²) in [6, 6.07) is 75.4. The summed E-state index contributed by atoms with van der Waals surface area (Å²) in [6.45, 7) is 7.15. The third-order valence-electron chi connectivity index (χ3n) is 15.3. The summed E-state index contributed by atoms with van der Waals surface area (Å²) >= 11 is 14.5. The predicted molar refractivity (Wildman–Crippen MR) is 296 cm³/mol. The van der Waals surface area contributed by atoms with Crippen molar-refractivity contribution in [2.75, 3.05) is 9.80 Å². The van der Waals surface area contributed by atoms with Crippen LogP contribution >= 0.6 is 23.2 Å². The average molecular weight is 932 g/mol. The third kappa shape index (κ3) is 7.68. The topological polar surface area (TPSA) is 6.48 Å². The molecule has 0 radical (unpaired) electrons. The van der Waals surface area contributed by atoms with E-state index in [0.717, 1.165) is 80.1 Å². The molecule has 1 fully saturated rings. The lowest BCUT2D eigenvalue weighted by Crippen LogP contribution is -2.61. The van der Waals surface area contributed by atoms with E-state index in [1.54, 1.807) is 0 Å². The van der Waals surface area contributed by atoms with Crippen molar-refractivity contribution in [3.63, 3.8) is 0 Å². The van der Waals surface area contributed by atoms with Gasteiger partial charge in [-0.3, -0.25) is 0 Å². The number of anilines is 6. The second-order valence-corrected chi connectivity index (χ2v) is 21.1. The van der Waals surface area contributed by atoms with Crippen LogP contribution in [0.2, 0.25) is 10.0 Å². The summed E-state index contributed by atoms with van der Waals surface area (Å²) in [6.07, 6.45) is 4.69. The Hall–Kier alpha value is -6.78. The highest BCUT2D eigenvalue weighted by atomic mass is 35.5. The minimum atomic E-state index is -0.110. The van der Waals surface area contributed by atoms with Crippen molar-refractivity contribution in [1.82, 2.24) is 0 Å². The molecule has 69 heavy (non-hydrogen) atoms. The van der Waals surface area contributed by atoms with Gasteiger partial charge in [0.25, 0.3) is 6.71 Å². The van der Waals surface area contributed by atoms with E-state index >= 15 is 0 Å². The maximum Gasteiger partial charge on any atom is 0.252 e. The highest BCUT2D eigenvalue weighted by Gasteiger charge is 2.46. The Kier molecular flexibility index (Phi) is 11.1. The van der Waals surface area contributed by atoms with Crippen molar-refractivity contribution >= 4 is 80.4 Å². The lowest BCUT2D eigenvalue weighted by Gasteiger charge is -2.46. The van der Waals surface area contributed by atoms with Crippen molar-refractivity contribution in [3.05, 3.63) is 222 Å². The number of para-hydroxylation sites is 2. The van der Waals surface area contributed by atoms with Crippen molar-refractivity contribution in [3.8, 4) is 44.5 Å². The van der Waals surface area contributed by atoms with E-state index in [1.807, 2.05) is 0 Å². The van der Waals surface area contributed by atoms with Gasteiger partial charge in [0, 0.05) is 55.0 Å². The van der Waals surface area contributed by atoms with Crippen LogP contribution in [0.5, 0.6) is 0 Å². The minimum Gasteiger partial charge on any atom is -0.310 e. The molecule has 0 aromatic heterocycles. The van der Waals surface area contributed by atoms with E-state index in [2.05, 4.69) is 237 Å². The Morgan fingerprint density at radius 3 is 1.12 bits per heavy atom. The molecule has 0 N–H and O–H groups in total. The SMILES string of the molecule is CC(C)(C)C1CCC(c2cc3c4c(c2)N(c2c(-c5ccccc5)cccc2-c2ccccc2)c2cc(Cl)ccc2B4c2ccc(Cl)cc2N3c2c(-c3ccccc3)cccc2-c2ccccc2)CC1. The van der Waals surface area contributed by atoms with Gasteiger partial charge < -0.3 is 9.80 Å². The second-order valence-electron chi connectivity index (χ2n) is 20.3. The number of nitrogens with zero attached hydrogens (tertiary/aromatic N) is 2. The molecule has 0 amide bonds. The fourth-order valence-corrected chi connectivity index (χ4v) is 12.3. The van der Waals surface area contributed by atoms with E-state index in [9.17, 15) is 0 Å². The van der Waals surface area contributed by atoms with E-state index in [-0.39, 0.29) is 12.1 Å². The van der Waals surface area contributed by atoms with E-state index in [4.69, 9.17) is 23.2 Å². The van der Waals surface area contributed by atoms with Crippen LogP contribution in [0, 0.1) is 11.3 Å². The molecule has 9 aromatic carbocycles. The molecule has 3 aliphatic rings. The highest BCUT2D eigenvalue weighted by Crippen LogP contribution is 2.54. The van der Waals surface area contributed by atoms with Crippen LogP contribution in [0.3, 0.4) is 0 Å². The van der Waals surface area contributed by atoms with Gasteiger partial charge >= 0.3 is 0 Å². The summed E-state index contributed by atoms with van der Waals surface area (Å²) in [7, 11) is 0. The molecule has 2 heterocycles. The first-order valence-corrected chi connectivity index (χ1v) is 25.3. The Balaban J connectivity index is 1.22. The molecule has 0 unspecified atom stereocenters. The molecule has 5 heteroatoms. The molecule has 1 saturated carbocycles. The lowest BCUT2D eigenvalue weighted by molar-refractivity contribution is 0.169. The van der Waals surface area contributed by atoms with Crippen LogP contribution < -0.4 is 26.2 Å². The smallest absolute Gasteiger partial charge is 0.252 e. The third-order valence-corrected chi connectivity index (χ3v) is 15.8. The van der Waals surface area contributed by atoms with Crippen LogP contribution in [0.25, 0.3) is 44.5 Å². The van der Waals surface area contributed by atoms with Crippen LogP contribution in [-0.2, 0) is 0 Å². The molecule has 2 nitrogen and oxygen atoms in total. The highest BCUT2D eigenvalue weighted by molar-refractivity contribution is 7.00. The zero-order chi connectivity index (χ0) is 46.8. The molecular weight excluding hydrogens is 878 g/mol. The van der Waals surface area contributed by atoms with Gasteiger partial charge in [0.15, 0.2) is 0 Å². The Morgan fingerprint density at radius 1 is 0.406 bits per heavy atom. The molecule has 9 aromatic rings. The molecule has 0 saturated heterocycles.